The largest absolute Gasteiger partial charge is 0.382 e. The van der Waals surface area contributed by atoms with Crippen molar-refractivity contribution < 1.29 is 9.53 Å². The predicted molar refractivity (Wildman–Crippen MR) is 76.6 cm³/mol. The summed E-state index contributed by atoms with van der Waals surface area (Å²) in [5.41, 5.74) is 5.36. The third-order valence-corrected chi connectivity index (χ3v) is 3.72. The first-order valence-electron chi connectivity index (χ1n) is 6.25. The van der Waals surface area contributed by atoms with E-state index in [1.165, 1.54) is 11.3 Å². The summed E-state index contributed by atoms with van der Waals surface area (Å²) in [7, 11) is 1.60. The number of ether oxygens (including phenoxy) is 1. The van der Waals surface area contributed by atoms with E-state index >= 15 is 0 Å². The molecule has 1 fully saturated rings. The smallest absolute Gasteiger partial charge is 0.265 e. The SMILES string of the molecule is COCC(C)(C)NC(=O)c1sc(NC2CC2)nc1N. The maximum atomic E-state index is 12.2. The molecule has 0 radical (unpaired) electrons. The van der Waals surface area contributed by atoms with Gasteiger partial charge in [-0.05, 0) is 26.7 Å². The van der Waals surface area contributed by atoms with Crippen LogP contribution in [0.25, 0.3) is 0 Å². The number of hydrogen-bond donors (Lipinski definition) is 3. The van der Waals surface area contributed by atoms with Gasteiger partial charge in [-0.3, -0.25) is 4.79 Å². The Labute approximate surface area is 116 Å². The van der Waals surface area contributed by atoms with Crippen LogP contribution < -0.4 is 16.4 Å². The lowest BCUT2D eigenvalue weighted by Gasteiger charge is -2.24. The molecule has 1 heterocycles. The number of hydrogen-bond acceptors (Lipinski definition) is 6. The molecule has 0 aromatic carbocycles. The van der Waals surface area contributed by atoms with Crippen molar-refractivity contribution in [2.24, 2.45) is 0 Å². The van der Waals surface area contributed by atoms with E-state index in [4.69, 9.17) is 10.5 Å². The van der Waals surface area contributed by atoms with Gasteiger partial charge in [0.1, 0.15) is 10.7 Å². The monoisotopic (exact) mass is 284 g/mol. The van der Waals surface area contributed by atoms with E-state index in [0.717, 1.165) is 18.0 Å². The summed E-state index contributed by atoms with van der Waals surface area (Å²) in [5.74, 6) is 0.0692. The fourth-order valence-corrected chi connectivity index (χ4v) is 2.58. The normalized spacial score (nSPS) is 15.3. The zero-order valence-electron chi connectivity index (χ0n) is 11.4. The first-order valence-corrected chi connectivity index (χ1v) is 7.07. The van der Waals surface area contributed by atoms with Gasteiger partial charge in [0, 0.05) is 13.2 Å². The Kier molecular flexibility index (Phi) is 3.96. The molecule has 1 saturated carbocycles. The third-order valence-electron chi connectivity index (χ3n) is 2.72. The van der Waals surface area contributed by atoms with Crippen molar-refractivity contribution in [2.75, 3.05) is 24.8 Å². The fourth-order valence-electron chi connectivity index (χ4n) is 1.72. The molecular formula is C12H20N4O2S. The lowest BCUT2D eigenvalue weighted by molar-refractivity contribution is 0.0824. The van der Waals surface area contributed by atoms with Gasteiger partial charge >= 0.3 is 0 Å². The average molecular weight is 284 g/mol. The second-order valence-corrected chi connectivity index (χ2v) is 6.42. The van der Waals surface area contributed by atoms with Gasteiger partial charge in [0.2, 0.25) is 0 Å². The molecule has 1 aliphatic carbocycles. The minimum absolute atomic E-state index is 0.208. The van der Waals surface area contributed by atoms with Crippen LogP contribution in [0.15, 0.2) is 0 Å². The number of rotatable bonds is 6. The third kappa shape index (κ3) is 3.81. The number of carbonyl (C=O) groups is 1. The average Bonchev–Trinajstić information content (AvgIpc) is 3.00. The van der Waals surface area contributed by atoms with Crippen molar-refractivity contribution in [3.05, 3.63) is 4.88 Å². The second kappa shape index (κ2) is 5.34. The lowest BCUT2D eigenvalue weighted by Crippen LogP contribution is -2.46. The van der Waals surface area contributed by atoms with Gasteiger partial charge in [-0.25, -0.2) is 4.98 Å². The van der Waals surface area contributed by atoms with Crippen LogP contribution in [-0.2, 0) is 4.74 Å². The number of anilines is 2. The van der Waals surface area contributed by atoms with Crippen molar-refractivity contribution in [2.45, 2.75) is 38.3 Å². The number of carbonyl (C=O) groups excluding carboxylic acids is 1. The maximum Gasteiger partial charge on any atom is 0.265 e. The van der Waals surface area contributed by atoms with Crippen LogP contribution in [0.1, 0.15) is 36.4 Å². The van der Waals surface area contributed by atoms with E-state index in [-0.39, 0.29) is 11.7 Å². The van der Waals surface area contributed by atoms with Crippen LogP contribution in [-0.4, -0.2) is 36.2 Å². The Morgan fingerprint density at radius 3 is 2.84 bits per heavy atom. The number of amides is 1. The number of aromatic nitrogens is 1. The predicted octanol–water partition coefficient (Wildman–Crippen LogP) is 1.45. The molecule has 1 amide bonds. The summed E-state index contributed by atoms with van der Waals surface area (Å²) in [6.07, 6.45) is 2.31. The molecule has 0 spiro atoms. The molecule has 0 bridgehead atoms. The summed E-state index contributed by atoms with van der Waals surface area (Å²) in [6, 6.07) is 0.492. The topological polar surface area (TPSA) is 89.3 Å². The molecule has 1 aromatic rings. The molecule has 6 nitrogen and oxygen atoms in total. The lowest BCUT2D eigenvalue weighted by atomic mass is 10.1. The molecule has 0 saturated heterocycles. The van der Waals surface area contributed by atoms with Crippen LogP contribution in [0.2, 0.25) is 0 Å². The van der Waals surface area contributed by atoms with E-state index < -0.39 is 5.54 Å². The highest BCUT2D eigenvalue weighted by molar-refractivity contribution is 7.18. The summed E-state index contributed by atoms with van der Waals surface area (Å²) in [6.45, 7) is 4.23. The highest BCUT2D eigenvalue weighted by Gasteiger charge is 2.26. The summed E-state index contributed by atoms with van der Waals surface area (Å²) >= 11 is 1.29. The van der Waals surface area contributed by atoms with Crippen LogP contribution in [0.4, 0.5) is 10.9 Å². The molecule has 1 aromatic heterocycles. The number of nitrogens with zero attached hydrogens (tertiary/aromatic N) is 1. The van der Waals surface area contributed by atoms with Crippen LogP contribution in [0.5, 0.6) is 0 Å². The van der Waals surface area contributed by atoms with Crippen molar-refractivity contribution in [3.8, 4) is 0 Å². The van der Waals surface area contributed by atoms with Crippen LogP contribution in [0, 0.1) is 0 Å². The Morgan fingerprint density at radius 2 is 2.26 bits per heavy atom. The van der Waals surface area contributed by atoms with Crippen molar-refractivity contribution in [1.82, 2.24) is 10.3 Å². The Morgan fingerprint density at radius 1 is 1.58 bits per heavy atom. The number of thiazole rings is 1. The van der Waals surface area contributed by atoms with Gasteiger partial charge in [0.05, 0.1) is 12.1 Å². The van der Waals surface area contributed by atoms with Gasteiger partial charge in [-0.1, -0.05) is 11.3 Å². The van der Waals surface area contributed by atoms with E-state index in [9.17, 15) is 4.79 Å². The molecule has 2 rings (SSSR count). The van der Waals surface area contributed by atoms with Crippen molar-refractivity contribution in [3.63, 3.8) is 0 Å². The Bertz CT molecular complexity index is 468. The molecule has 0 unspecified atom stereocenters. The van der Waals surface area contributed by atoms with Gasteiger partial charge in [-0.2, -0.15) is 0 Å². The van der Waals surface area contributed by atoms with Crippen LogP contribution in [0.3, 0.4) is 0 Å². The number of nitrogen functional groups attached to an aromatic ring is 1. The number of nitrogens with one attached hydrogen (secondary N) is 2. The minimum atomic E-state index is -0.438. The zero-order chi connectivity index (χ0) is 14.0. The molecule has 4 N–H and O–H groups in total. The van der Waals surface area contributed by atoms with E-state index in [2.05, 4.69) is 15.6 Å². The second-order valence-electron chi connectivity index (χ2n) is 5.42. The molecule has 7 heteroatoms. The van der Waals surface area contributed by atoms with Gasteiger partial charge in [0.25, 0.3) is 5.91 Å². The summed E-state index contributed by atoms with van der Waals surface area (Å²) in [4.78, 5) is 16.8. The quantitative estimate of drug-likeness (QED) is 0.736. The number of nitrogens with two attached hydrogens (primary N) is 1. The van der Waals surface area contributed by atoms with Gasteiger partial charge < -0.3 is 21.1 Å². The van der Waals surface area contributed by atoms with Crippen LogP contribution >= 0.6 is 11.3 Å². The molecule has 106 valence electrons. The maximum absolute atomic E-state index is 12.2. The van der Waals surface area contributed by atoms with Gasteiger partial charge in [-0.15, -0.1) is 0 Å². The molecular weight excluding hydrogens is 264 g/mol. The fraction of sp³-hybridized carbons (Fsp3) is 0.667. The highest BCUT2D eigenvalue weighted by Crippen LogP contribution is 2.30. The molecule has 19 heavy (non-hydrogen) atoms. The highest BCUT2D eigenvalue weighted by atomic mass is 32.1. The summed E-state index contributed by atoms with van der Waals surface area (Å²) < 4.78 is 5.07. The zero-order valence-corrected chi connectivity index (χ0v) is 12.3. The summed E-state index contributed by atoms with van der Waals surface area (Å²) in [5, 5.41) is 6.86. The van der Waals surface area contributed by atoms with E-state index in [1.54, 1.807) is 7.11 Å². The standard InChI is InChI=1S/C12H20N4O2S/c1-12(2,6-18-3)16-10(17)8-9(13)15-11(19-8)14-7-4-5-7/h7H,4-6,13H2,1-3H3,(H,14,15)(H,16,17). The molecule has 1 aliphatic rings. The first-order chi connectivity index (χ1) is 8.91. The Hall–Kier alpha value is -1.34. The molecule has 0 aliphatic heterocycles. The van der Waals surface area contributed by atoms with Crippen molar-refractivity contribution >= 4 is 28.2 Å². The van der Waals surface area contributed by atoms with Crippen molar-refractivity contribution in [1.29, 1.82) is 0 Å². The Balaban J connectivity index is 2.03. The minimum Gasteiger partial charge on any atom is -0.382 e. The van der Waals surface area contributed by atoms with E-state index in [0.29, 0.717) is 17.5 Å². The van der Waals surface area contributed by atoms with Gasteiger partial charge in [0.15, 0.2) is 5.13 Å². The molecule has 0 atom stereocenters. The van der Waals surface area contributed by atoms with E-state index in [1.807, 2.05) is 13.8 Å². The number of methoxy groups -OCH3 is 1. The first kappa shape index (κ1) is 14.1.